The highest BCUT2D eigenvalue weighted by molar-refractivity contribution is 5.74. The summed E-state index contributed by atoms with van der Waals surface area (Å²) in [5.74, 6) is 0.582. The average molecular weight is 475 g/mol. The molecule has 11 atom stereocenters. The van der Waals surface area contributed by atoms with E-state index in [2.05, 4.69) is 20.8 Å². The number of esters is 2. The van der Waals surface area contributed by atoms with Crippen molar-refractivity contribution in [3.63, 3.8) is 0 Å². The molecule has 6 aliphatic rings. The lowest BCUT2D eigenvalue weighted by Gasteiger charge is -2.66. The van der Waals surface area contributed by atoms with Crippen LogP contribution in [0.5, 0.6) is 0 Å². The lowest BCUT2D eigenvalue weighted by Crippen LogP contribution is -2.61. The largest absolute Gasteiger partial charge is 0.459 e. The van der Waals surface area contributed by atoms with Crippen molar-refractivity contribution in [2.75, 3.05) is 0 Å². The molecule has 0 aromatic heterocycles. The fourth-order valence-corrected chi connectivity index (χ4v) is 9.96. The number of carbonyl (C=O) groups excluding carboxylic acids is 3. The zero-order valence-corrected chi connectivity index (χ0v) is 20.8. The summed E-state index contributed by atoms with van der Waals surface area (Å²) in [7, 11) is 0. The van der Waals surface area contributed by atoms with Crippen LogP contribution in [0.15, 0.2) is 0 Å². The maximum absolute atomic E-state index is 12.2. The summed E-state index contributed by atoms with van der Waals surface area (Å²) >= 11 is 0. The number of aldehydes is 1. The van der Waals surface area contributed by atoms with Gasteiger partial charge in [0.05, 0.1) is 6.42 Å². The molecule has 3 saturated heterocycles. The Labute approximate surface area is 201 Å². The first kappa shape index (κ1) is 23.0. The highest BCUT2D eigenvalue weighted by Gasteiger charge is 2.71. The molecule has 7 heteroatoms. The Balaban J connectivity index is 1.38. The van der Waals surface area contributed by atoms with Gasteiger partial charge in [0, 0.05) is 18.3 Å². The summed E-state index contributed by atoms with van der Waals surface area (Å²) in [6.07, 6.45) is 7.53. The molecule has 7 nitrogen and oxygen atoms in total. The van der Waals surface area contributed by atoms with Gasteiger partial charge in [-0.3, -0.25) is 9.59 Å². The number of ether oxygens (including phenoxy) is 4. The highest BCUT2D eigenvalue weighted by Crippen LogP contribution is 2.71. The van der Waals surface area contributed by atoms with E-state index in [1.165, 1.54) is 13.2 Å². The normalized spacial score (nSPS) is 55.6. The van der Waals surface area contributed by atoms with Crippen molar-refractivity contribution in [3.05, 3.63) is 0 Å². The summed E-state index contributed by atoms with van der Waals surface area (Å²) in [5, 5.41) is 0. The predicted molar refractivity (Wildman–Crippen MR) is 120 cm³/mol. The van der Waals surface area contributed by atoms with E-state index in [4.69, 9.17) is 18.9 Å². The summed E-state index contributed by atoms with van der Waals surface area (Å²) in [4.78, 5) is 36.6. The second-order valence-electron chi connectivity index (χ2n) is 12.9. The second kappa shape index (κ2) is 7.28. The second-order valence-corrected chi connectivity index (χ2v) is 12.9. The predicted octanol–water partition coefficient (Wildman–Crippen LogP) is 4.16. The zero-order chi connectivity index (χ0) is 24.1. The monoisotopic (exact) mass is 474 g/mol. The van der Waals surface area contributed by atoms with E-state index in [0.717, 1.165) is 44.9 Å². The van der Waals surface area contributed by atoms with Crippen LogP contribution in [0, 0.1) is 39.9 Å². The van der Waals surface area contributed by atoms with Crippen molar-refractivity contribution in [2.45, 2.75) is 110 Å². The number of hydrogen-bond donors (Lipinski definition) is 0. The van der Waals surface area contributed by atoms with E-state index in [-0.39, 0.29) is 46.4 Å². The molecular weight excluding hydrogens is 436 g/mol. The van der Waals surface area contributed by atoms with Crippen molar-refractivity contribution < 1.29 is 33.3 Å². The SMILES string of the molecule is CC(=O)O[C@@H]1C[C@@H]2[C@H](CC[C@H]3[C@@]2(C)CCC2[C@@](C)(C=O)CCC[C@@]23C)[C@@H]2O[C@H]3OC(=O)C[C@@]31O2. The van der Waals surface area contributed by atoms with Crippen molar-refractivity contribution >= 4 is 18.2 Å². The summed E-state index contributed by atoms with van der Waals surface area (Å²) < 4.78 is 24.1. The lowest BCUT2D eigenvalue weighted by atomic mass is 9.38. The first-order chi connectivity index (χ1) is 16.1. The smallest absolute Gasteiger partial charge is 0.311 e. The van der Waals surface area contributed by atoms with Crippen molar-refractivity contribution in [1.82, 2.24) is 0 Å². The molecular formula is C27H38O7. The Morgan fingerprint density at radius 3 is 2.59 bits per heavy atom. The summed E-state index contributed by atoms with van der Waals surface area (Å²) in [5.41, 5.74) is -1.14. The van der Waals surface area contributed by atoms with Gasteiger partial charge >= 0.3 is 11.9 Å². The molecule has 6 fully saturated rings. The van der Waals surface area contributed by atoms with Gasteiger partial charge < -0.3 is 23.7 Å². The molecule has 0 aromatic rings. The zero-order valence-electron chi connectivity index (χ0n) is 20.8. The van der Waals surface area contributed by atoms with E-state index >= 15 is 0 Å². The lowest BCUT2D eigenvalue weighted by molar-refractivity contribution is -0.221. The first-order valence-corrected chi connectivity index (χ1v) is 13.2. The molecule has 3 heterocycles. The third-order valence-corrected chi connectivity index (χ3v) is 11.3. The average Bonchev–Trinajstić information content (AvgIpc) is 3.21. The standard InChI is InChI=1S/C27H38O7/c1-15(29)31-20-12-17-16(22-33-23-27(20,34-22)13-21(30)32-23)6-7-19-25(17,3)11-8-18-24(2,14-28)9-5-10-26(18,19)4/h14,16-20,22-23H,5-13H2,1-4H3/t16-,17+,18?,19-,20+,22+,23+,24+,25-,26-,27-/m0/s1. The van der Waals surface area contributed by atoms with Crippen LogP contribution < -0.4 is 0 Å². The van der Waals surface area contributed by atoms with Gasteiger partial charge in [-0.15, -0.1) is 0 Å². The molecule has 0 N–H and O–H groups in total. The maximum atomic E-state index is 12.2. The number of hydrogen-bond acceptors (Lipinski definition) is 7. The first-order valence-electron chi connectivity index (χ1n) is 13.2. The van der Waals surface area contributed by atoms with E-state index in [0.29, 0.717) is 18.3 Å². The quantitative estimate of drug-likeness (QED) is 0.439. The minimum atomic E-state index is -1.04. The Morgan fingerprint density at radius 1 is 1.06 bits per heavy atom. The van der Waals surface area contributed by atoms with Gasteiger partial charge in [-0.2, -0.15) is 0 Å². The van der Waals surface area contributed by atoms with Crippen molar-refractivity contribution in [3.8, 4) is 0 Å². The van der Waals surface area contributed by atoms with Crippen LogP contribution in [0.4, 0.5) is 0 Å². The molecule has 0 radical (unpaired) electrons. The van der Waals surface area contributed by atoms with Gasteiger partial charge in [0.1, 0.15) is 12.4 Å². The molecule has 2 bridgehead atoms. The van der Waals surface area contributed by atoms with Crippen LogP contribution in [0.2, 0.25) is 0 Å². The summed E-state index contributed by atoms with van der Waals surface area (Å²) in [6.45, 7) is 8.46. The molecule has 188 valence electrons. The summed E-state index contributed by atoms with van der Waals surface area (Å²) in [6, 6.07) is 0. The Morgan fingerprint density at radius 2 is 1.85 bits per heavy atom. The molecule has 0 aromatic carbocycles. The van der Waals surface area contributed by atoms with Crippen LogP contribution in [-0.2, 0) is 33.3 Å². The molecule has 0 amide bonds. The minimum absolute atomic E-state index is 0.0283. The molecule has 3 saturated carbocycles. The van der Waals surface area contributed by atoms with Gasteiger partial charge in [-0.1, -0.05) is 27.2 Å². The third-order valence-electron chi connectivity index (χ3n) is 11.3. The minimum Gasteiger partial charge on any atom is -0.459 e. The molecule has 1 spiro atoms. The van der Waals surface area contributed by atoms with E-state index < -0.39 is 24.3 Å². The number of rotatable bonds is 2. The molecule has 3 aliphatic heterocycles. The van der Waals surface area contributed by atoms with Gasteiger partial charge in [0.25, 0.3) is 0 Å². The molecule has 1 unspecified atom stereocenters. The van der Waals surface area contributed by atoms with Crippen LogP contribution in [-0.4, -0.2) is 42.5 Å². The fourth-order valence-electron chi connectivity index (χ4n) is 9.96. The Bertz CT molecular complexity index is 919. The van der Waals surface area contributed by atoms with Crippen LogP contribution >= 0.6 is 0 Å². The van der Waals surface area contributed by atoms with Crippen molar-refractivity contribution in [1.29, 1.82) is 0 Å². The van der Waals surface area contributed by atoms with Gasteiger partial charge in [-0.25, -0.2) is 0 Å². The van der Waals surface area contributed by atoms with E-state index in [1.54, 1.807) is 0 Å². The van der Waals surface area contributed by atoms with E-state index in [1.807, 2.05) is 0 Å². The third kappa shape index (κ3) is 2.86. The highest BCUT2D eigenvalue weighted by atomic mass is 16.8. The van der Waals surface area contributed by atoms with Crippen LogP contribution in [0.25, 0.3) is 0 Å². The van der Waals surface area contributed by atoms with Crippen molar-refractivity contribution in [2.24, 2.45) is 39.9 Å². The van der Waals surface area contributed by atoms with Crippen LogP contribution in [0.1, 0.15) is 85.5 Å². The molecule has 34 heavy (non-hydrogen) atoms. The van der Waals surface area contributed by atoms with E-state index in [9.17, 15) is 14.4 Å². The maximum Gasteiger partial charge on any atom is 0.311 e. The Kier molecular flexibility index (Phi) is 4.92. The molecule has 6 rings (SSSR count). The van der Waals surface area contributed by atoms with Gasteiger partial charge in [0.15, 0.2) is 11.9 Å². The topological polar surface area (TPSA) is 88.1 Å². The number of fused-ring (bicyclic) bond motifs is 7. The number of carbonyl (C=O) groups is 3. The van der Waals surface area contributed by atoms with Gasteiger partial charge in [0.2, 0.25) is 6.29 Å². The van der Waals surface area contributed by atoms with Gasteiger partial charge in [-0.05, 0) is 73.5 Å². The Hall–Kier alpha value is -1.47. The van der Waals surface area contributed by atoms with Crippen LogP contribution in [0.3, 0.4) is 0 Å². The molecule has 3 aliphatic carbocycles. The fraction of sp³-hybridized carbons (Fsp3) is 0.889.